The lowest BCUT2D eigenvalue weighted by Gasteiger charge is -2.45. The van der Waals surface area contributed by atoms with Gasteiger partial charge in [0.05, 0.1) is 22.5 Å². The molecule has 0 bridgehead atoms. The third kappa shape index (κ3) is 5.48. The molecule has 0 saturated heterocycles. The topological polar surface area (TPSA) is 6.48 Å². The van der Waals surface area contributed by atoms with Crippen LogP contribution in [0.1, 0.15) is 47.2 Å². The van der Waals surface area contributed by atoms with Crippen LogP contribution >= 0.6 is 0 Å². The van der Waals surface area contributed by atoms with Gasteiger partial charge in [-0.2, -0.15) is 0 Å². The second kappa shape index (κ2) is 14.7. The fourth-order valence-corrected chi connectivity index (χ4v) is 11.8. The Labute approximate surface area is 387 Å². The second-order valence-electron chi connectivity index (χ2n) is 18.4. The van der Waals surface area contributed by atoms with Crippen molar-refractivity contribution < 1.29 is 0 Å². The maximum absolute atomic E-state index is 2.54. The van der Waals surface area contributed by atoms with E-state index in [0.29, 0.717) is 0 Å². The molecule has 0 fully saturated rings. The highest BCUT2D eigenvalue weighted by molar-refractivity contribution is 6.02. The average molecular weight is 843 g/mol. The van der Waals surface area contributed by atoms with E-state index >= 15 is 0 Å². The molecule has 10 aromatic rings. The molecule has 66 heavy (non-hydrogen) atoms. The third-order valence-corrected chi connectivity index (χ3v) is 14.6. The molecule has 2 nitrogen and oxygen atoms in total. The van der Waals surface area contributed by atoms with Crippen LogP contribution in [-0.4, -0.2) is 0 Å². The van der Waals surface area contributed by atoms with Gasteiger partial charge >= 0.3 is 0 Å². The highest BCUT2D eigenvalue weighted by atomic mass is 15.2. The lowest BCUT2D eigenvalue weighted by Crippen LogP contribution is -2.36. The molecule has 3 aliphatic rings. The number of para-hydroxylation sites is 3. The predicted octanol–water partition coefficient (Wildman–Crippen LogP) is 16.9. The van der Waals surface area contributed by atoms with Gasteiger partial charge in [0.1, 0.15) is 0 Å². The highest BCUT2D eigenvalue weighted by Gasteiger charge is 2.52. The molecule has 0 radical (unpaired) electrons. The van der Waals surface area contributed by atoms with Crippen LogP contribution in [0.3, 0.4) is 0 Å². The summed E-state index contributed by atoms with van der Waals surface area (Å²) in [6, 6.07) is 90.1. The fourth-order valence-electron chi connectivity index (χ4n) is 11.8. The van der Waals surface area contributed by atoms with E-state index in [0.717, 1.165) is 22.7 Å². The lowest BCUT2D eigenvalue weighted by molar-refractivity contribution is 0.660. The normalized spacial score (nSPS) is 14.1. The molecule has 13 rings (SSSR count). The van der Waals surface area contributed by atoms with Gasteiger partial charge in [-0.3, -0.25) is 0 Å². The van der Waals surface area contributed by atoms with Gasteiger partial charge in [-0.15, -0.1) is 0 Å². The Balaban J connectivity index is 1.07. The summed E-state index contributed by atoms with van der Waals surface area (Å²) in [4.78, 5) is 4.99. The number of rotatable bonds is 6. The van der Waals surface area contributed by atoms with E-state index in [1.807, 2.05) is 0 Å². The van der Waals surface area contributed by atoms with E-state index < -0.39 is 5.41 Å². The largest absolute Gasteiger partial charge is 0.310 e. The first kappa shape index (κ1) is 38.3. The third-order valence-electron chi connectivity index (χ3n) is 14.6. The minimum absolute atomic E-state index is 0.164. The molecule has 1 aliphatic heterocycles. The van der Waals surface area contributed by atoms with Gasteiger partial charge in [-0.1, -0.05) is 196 Å². The average Bonchev–Trinajstić information content (AvgIpc) is 3.80. The second-order valence-corrected chi connectivity index (χ2v) is 18.4. The zero-order chi connectivity index (χ0) is 44.0. The molecular weight excluding hydrogens is 797 g/mol. The van der Waals surface area contributed by atoms with Crippen molar-refractivity contribution in [2.45, 2.75) is 24.7 Å². The summed E-state index contributed by atoms with van der Waals surface area (Å²) in [5, 5.41) is 0. The fraction of sp³-hybridized carbons (Fsp3) is 0.0625. The van der Waals surface area contributed by atoms with Crippen LogP contribution in [0.4, 0.5) is 34.1 Å². The van der Waals surface area contributed by atoms with Gasteiger partial charge in [0.25, 0.3) is 0 Å². The zero-order valence-electron chi connectivity index (χ0n) is 37.0. The Morgan fingerprint density at radius 2 is 0.833 bits per heavy atom. The smallest absolute Gasteiger partial charge is 0.0755 e. The van der Waals surface area contributed by atoms with Crippen LogP contribution in [0, 0.1) is 0 Å². The molecule has 2 aliphatic carbocycles. The van der Waals surface area contributed by atoms with E-state index in [1.165, 1.54) is 89.3 Å². The monoisotopic (exact) mass is 842 g/mol. The van der Waals surface area contributed by atoms with Gasteiger partial charge < -0.3 is 9.80 Å². The van der Waals surface area contributed by atoms with Crippen molar-refractivity contribution in [1.82, 2.24) is 0 Å². The SMILES string of the molecule is CC1(C)c2ccccc2-c2ccc(N(c3cccc(-c4cccc(-c5ccccc5)c4)c3)c3cccc4c3-c3ccccc3C43c4ccccc4N(c4ccccc4)c4ccccc43)cc21. The molecular formula is C64H46N2. The number of fused-ring (bicyclic) bond motifs is 12. The lowest BCUT2D eigenvalue weighted by atomic mass is 9.64. The minimum atomic E-state index is -0.576. The molecule has 10 aromatic carbocycles. The van der Waals surface area contributed by atoms with E-state index in [4.69, 9.17) is 0 Å². The number of hydrogen-bond donors (Lipinski definition) is 0. The van der Waals surface area contributed by atoms with Crippen molar-refractivity contribution in [2.75, 3.05) is 9.80 Å². The first-order valence-corrected chi connectivity index (χ1v) is 23.1. The number of nitrogens with zero attached hydrogens (tertiary/aromatic N) is 2. The van der Waals surface area contributed by atoms with E-state index in [2.05, 4.69) is 266 Å². The summed E-state index contributed by atoms with van der Waals surface area (Å²) in [7, 11) is 0. The standard InChI is InChI=1S/C64H46N2/c1-63(2)53-30-11-9-28-50(53)51-39-38-49(42-58(51)63)65(48-27-18-24-46(41-48)45-23-17-22-44(40-45)43-20-5-3-6-21-43)61-37-19-34-57-62(61)52-29-10-12-31-54(52)64(57)55-32-13-15-35-59(55)66(47-25-7-4-8-26-47)60-36-16-14-33-56(60)64/h3-42H,1-2H3. The maximum atomic E-state index is 2.54. The van der Waals surface area contributed by atoms with E-state index in [1.54, 1.807) is 0 Å². The number of benzene rings is 10. The summed E-state index contributed by atoms with van der Waals surface area (Å²) >= 11 is 0. The number of hydrogen-bond acceptors (Lipinski definition) is 2. The van der Waals surface area contributed by atoms with Crippen LogP contribution < -0.4 is 9.80 Å². The van der Waals surface area contributed by atoms with Gasteiger partial charge in [0, 0.05) is 28.0 Å². The van der Waals surface area contributed by atoms with Gasteiger partial charge in [-0.05, 0) is 133 Å². The first-order chi connectivity index (χ1) is 32.5. The first-order valence-electron chi connectivity index (χ1n) is 23.1. The van der Waals surface area contributed by atoms with Crippen LogP contribution in [0.25, 0.3) is 44.5 Å². The molecule has 1 heterocycles. The van der Waals surface area contributed by atoms with Crippen molar-refractivity contribution in [1.29, 1.82) is 0 Å². The Hall–Kier alpha value is -8.20. The molecule has 0 amide bonds. The maximum Gasteiger partial charge on any atom is 0.0755 e. The Bertz CT molecular complexity index is 3480. The summed E-state index contributed by atoms with van der Waals surface area (Å²) in [5.41, 5.74) is 24.0. The van der Waals surface area contributed by atoms with Crippen LogP contribution in [0.15, 0.2) is 243 Å². The number of anilines is 6. The Kier molecular flexibility index (Phi) is 8.51. The Morgan fingerprint density at radius 3 is 1.56 bits per heavy atom. The Morgan fingerprint density at radius 1 is 0.333 bits per heavy atom. The molecule has 0 aromatic heterocycles. The molecule has 312 valence electrons. The van der Waals surface area contributed by atoms with Crippen molar-refractivity contribution in [3.05, 3.63) is 276 Å². The van der Waals surface area contributed by atoms with Gasteiger partial charge in [0.2, 0.25) is 0 Å². The van der Waals surface area contributed by atoms with Crippen LogP contribution in [0.5, 0.6) is 0 Å². The van der Waals surface area contributed by atoms with Gasteiger partial charge in [-0.25, -0.2) is 0 Å². The summed E-state index contributed by atoms with van der Waals surface area (Å²) in [5.74, 6) is 0. The minimum Gasteiger partial charge on any atom is -0.310 e. The summed E-state index contributed by atoms with van der Waals surface area (Å²) in [6.07, 6.45) is 0. The summed E-state index contributed by atoms with van der Waals surface area (Å²) in [6.45, 7) is 4.76. The molecule has 1 spiro atoms. The van der Waals surface area contributed by atoms with Crippen molar-refractivity contribution in [2.24, 2.45) is 0 Å². The molecule has 0 N–H and O–H groups in total. The van der Waals surface area contributed by atoms with Crippen molar-refractivity contribution >= 4 is 34.1 Å². The van der Waals surface area contributed by atoms with E-state index in [9.17, 15) is 0 Å². The molecule has 0 unspecified atom stereocenters. The van der Waals surface area contributed by atoms with Gasteiger partial charge in [0.15, 0.2) is 0 Å². The highest BCUT2D eigenvalue weighted by Crippen LogP contribution is 2.65. The summed E-state index contributed by atoms with van der Waals surface area (Å²) < 4.78 is 0. The van der Waals surface area contributed by atoms with E-state index in [-0.39, 0.29) is 5.41 Å². The van der Waals surface area contributed by atoms with Crippen molar-refractivity contribution in [3.8, 4) is 44.5 Å². The van der Waals surface area contributed by atoms with Crippen LogP contribution in [0.2, 0.25) is 0 Å². The quantitative estimate of drug-likeness (QED) is 0.165. The van der Waals surface area contributed by atoms with Crippen LogP contribution in [-0.2, 0) is 10.8 Å². The molecule has 0 atom stereocenters. The predicted molar refractivity (Wildman–Crippen MR) is 275 cm³/mol. The zero-order valence-corrected chi connectivity index (χ0v) is 37.0. The van der Waals surface area contributed by atoms with Crippen molar-refractivity contribution in [3.63, 3.8) is 0 Å². The molecule has 2 heteroatoms. The molecule has 0 saturated carbocycles.